The van der Waals surface area contributed by atoms with Crippen molar-refractivity contribution >= 4 is 5.91 Å². The van der Waals surface area contributed by atoms with Crippen LogP contribution in [0.5, 0.6) is 17.2 Å². The van der Waals surface area contributed by atoms with Crippen LogP contribution in [-0.2, 0) is 6.54 Å². The Hall–Kier alpha value is -4.33. The van der Waals surface area contributed by atoms with Crippen molar-refractivity contribution in [2.75, 3.05) is 6.61 Å². The number of phenols is 2. The van der Waals surface area contributed by atoms with Crippen molar-refractivity contribution in [3.8, 4) is 28.5 Å². The summed E-state index contributed by atoms with van der Waals surface area (Å²) in [6.07, 6.45) is 3.37. The van der Waals surface area contributed by atoms with Crippen LogP contribution in [0.15, 0.2) is 67.0 Å². The highest BCUT2D eigenvalue weighted by atomic mass is 16.5. The fourth-order valence-electron chi connectivity index (χ4n) is 4.24. The number of carbonyl (C=O) groups is 1. The van der Waals surface area contributed by atoms with Crippen molar-refractivity contribution in [2.24, 2.45) is 0 Å². The predicted molar refractivity (Wildman–Crippen MR) is 121 cm³/mol. The SMILES string of the molecule is CCOc1cc([C@H]2c3c(-c4ccccc4O)n[nH]c3C(=O)N2Cc2ccncc2)ccc1O. The number of fused-ring (bicyclic) bond motifs is 1. The fraction of sp³-hybridized carbons (Fsp3) is 0.160. The summed E-state index contributed by atoms with van der Waals surface area (Å²) in [5.74, 6) is 0.240. The van der Waals surface area contributed by atoms with Gasteiger partial charge in [-0.1, -0.05) is 18.2 Å². The van der Waals surface area contributed by atoms with E-state index in [1.807, 2.05) is 25.1 Å². The monoisotopic (exact) mass is 442 g/mol. The second-order valence-corrected chi connectivity index (χ2v) is 7.73. The molecular formula is C25H22N4O4. The summed E-state index contributed by atoms with van der Waals surface area (Å²) < 4.78 is 5.60. The molecule has 0 saturated heterocycles. The Balaban J connectivity index is 1.68. The number of rotatable bonds is 6. The second kappa shape index (κ2) is 8.31. The molecule has 2 aromatic carbocycles. The van der Waals surface area contributed by atoms with Gasteiger partial charge in [-0.2, -0.15) is 5.10 Å². The van der Waals surface area contributed by atoms with Crippen molar-refractivity contribution in [2.45, 2.75) is 19.5 Å². The van der Waals surface area contributed by atoms with Gasteiger partial charge in [0.2, 0.25) is 0 Å². The molecule has 2 aromatic heterocycles. The average Bonchev–Trinajstić information content (AvgIpc) is 3.36. The molecular weight excluding hydrogens is 420 g/mol. The highest BCUT2D eigenvalue weighted by Crippen LogP contribution is 2.46. The van der Waals surface area contributed by atoms with Crippen LogP contribution in [0.2, 0.25) is 0 Å². The summed E-state index contributed by atoms with van der Waals surface area (Å²) in [7, 11) is 0. The Morgan fingerprint density at radius 3 is 2.61 bits per heavy atom. The summed E-state index contributed by atoms with van der Waals surface area (Å²) in [6.45, 7) is 2.58. The first-order chi connectivity index (χ1) is 16.1. The van der Waals surface area contributed by atoms with E-state index in [0.29, 0.717) is 41.4 Å². The number of ether oxygens (including phenoxy) is 1. The van der Waals surface area contributed by atoms with Crippen LogP contribution in [0, 0.1) is 0 Å². The Bertz CT molecular complexity index is 1320. The number of benzene rings is 2. The van der Waals surface area contributed by atoms with Gasteiger partial charge in [0.15, 0.2) is 11.5 Å². The number of phenolic OH excluding ortho intramolecular Hbond substituents is 2. The van der Waals surface area contributed by atoms with E-state index < -0.39 is 6.04 Å². The molecule has 0 bridgehead atoms. The lowest BCUT2D eigenvalue weighted by Gasteiger charge is -2.27. The normalized spacial score (nSPS) is 15.0. The van der Waals surface area contributed by atoms with Gasteiger partial charge in [-0.15, -0.1) is 0 Å². The molecule has 1 aliphatic rings. The van der Waals surface area contributed by atoms with E-state index in [-0.39, 0.29) is 17.4 Å². The van der Waals surface area contributed by atoms with Gasteiger partial charge in [0.25, 0.3) is 5.91 Å². The molecule has 4 aromatic rings. The molecule has 0 unspecified atom stereocenters. The first-order valence-corrected chi connectivity index (χ1v) is 10.6. The lowest BCUT2D eigenvalue weighted by molar-refractivity contribution is 0.0729. The highest BCUT2D eigenvalue weighted by molar-refractivity contribution is 6.00. The van der Waals surface area contributed by atoms with Crippen molar-refractivity contribution in [3.05, 3.63) is 89.4 Å². The molecule has 8 nitrogen and oxygen atoms in total. The molecule has 5 rings (SSSR count). The maximum Gasteiger partial charge on any atom is 0.273 e. The molecule has 3 heterocycles. The van der Waals surface area contributed by atoms with Gasteiger partial charge in [0.1, 0.15) is 17.1 Å². The van der Waals surface area contributed by atoms with Crippen LogP contribution in [0.4, 0.5) is 0 Å². The zero-order valence-electron chi connectivity index (χ0n) is 17.9. The summed E-state index contributed by atoms with van der Waals surface area (Å²) >= 11 is 0. The van der Waals surface area contributed by atoms with Crippen LogP contribution in [0.3, 0.4) is 0 Å². The van der Waals surface area contributed by atoms with Crippen molar-refractivity contribution in [1.29, 1.82) is 0 Å². The third-order valence-corrected chi connectivity index (χ3v) is 5.72. The van der Waals surface area contributed by atoms with Crippen molar-refractivity contribution < 1.29 is 19.7 Å². The molecule has 1 amide bonds. The number of aromatic hydroxyl groups is 2. The number of hydrogen-bond donors (Lipinski definition) is 3. The molecule has 0 aliphatic carbocycles. The molecule has 0 radical (unpaired) electrons. The summed E-state index contributed by atoms with van der Waals surface area (Å²) in [5, 5.41) is 28.0. The number of pyridine rings is 1. The van der Waals surface area contributed by atoms with Gasteiger partial charge in [0, 0.05) is 30.1 Å². The minimum atomic E-state index is -0.506. The van der Waals surface area contributed by atoms with Crippen LogP contribution in [0.1, 0.15) is 40.1 Å². The minimum Gasteiger partial charge on any atom is -0.507 e. The molecule has 0 saturated carbocycles. The van der Waals surface area contributed by atoms with Crippen LogP contribution in [-0.4, -0.2) is 42.8 Å². The van der Waals surface area contributed by atoms with Crippen molar-refractivity contribution in [3.63, 3.8) is 0 Å². The van der Waals surface area contributed by atoms with E-state index in [1.54, 1.807) is 53.7 Å². The fourth-order valence-corrected chi connectivity index (χ4v) is 4.24. The number of amides is 1. The first-order valence-electron chi connectivity index (χ1n) is 10.6. The molecule has 1 aliphatic heterocycles. The van der Waals surface area contributed by atoms with E-state index >= 15 is 0 Å². The number of para-hydroxylation sites is 1. The number of H-pyrrole nitrogens is 1. The second-order valence-electron chi connectivity index (χ2n) is 7.73. The molecule has 8 heteroatoms. The number of aromatic nitrogens is 3. The number of aromatic amines is 1. The standard InChI is InChI=1S/C25H22N4O4/c1-2-33-20-13-16(7-8-19(20)31)24-21-22(17-5-3-4-6-18(17)30)27-28-23(21)25(32)29(24)14-15-9-11-26-12-10-15/h3-13,24,30-31H,2,14H2,1H3,(H,27,28)/t24-/m0/s1. The molecule has 166 valence electrons. The van der Waals surface area contributed by atoms with Gasteiger partial charge >= 0.3 is 0 Å². The van der Waals surface area contributed by atoms with Crippen LogP contribution in [0.25, 0.3) is 11.3 Å². The summed E-state index contributed by atoms with van der Waals surface area (Å²) in [6, 6.07) is 15.2. The van der Waals surface area contributed by atoms with Gasteiger partial charge in [-0.05, 0) is 54.4 Å². The maximum atomic E-state index is 13.5. The smallest absolute Gasteiger partial charge is 0.273 e. The van der Waals surface area contributed by atoms with Crippen LogP contribution < -0.4 is 4.74 Å². The van der Waals surface area contributed by atoms with E-state index in [0.717, 1.165) is 11.1 Å². The lowest BCUT2D eigenvalue weighted by Crippen LogP contribution is -2.29. The van der Waals surface area contributed by atoms with Crippen LogP contribution >= 0.6 is 0 Å². The topological polar surface area (TPSA) is 112 Å². The van der Waals surface area contributed by atoms with Gasteiger partial charge in [0.05, 0.1) is 12.6 Å². The molecule has 3 N–H and O–H groups in total. The van der Waals surface area contributed by atoms with Gasteiger partial charge in [-0.25, -0.2) is 0 Å². The minimum absolute atomic E-state index is 0.0268. The third kappa shape index (κ3) is 3.55. The maximum absolute atomic E-state index is 13.5. The zero-order valence-corrected chi connectivity index (χ0v) is 17.9. The Morgan fingerprint density at radius 1 is 1.06 bits per heavy atom. The molecule has 1 atom stereocenters. The Morgan fingerprint density at radius 2 is 1.85 bits per heavy atom. The third-order valence-electron chi connectivity index (χ3n) is 5.72. The van der Waals surface area contributed by atoms with E-state index in [9.17, 15) is 15.0 Å². The Labute approximate surface area is 190 Å². The number of nitrogens with zero attached hydrogens (tertiary/aromatic N) is 3. The van der Waals surface area contributed by atoms with E-state index in [2.05, 4.69) is 15.2 Å². The molecule has 0 fully saturated rings. The van der Waals surface area contributed by atoms with Gasteiger partial charge in [-0.3, -0.25) is 14.9 Å². The van der Waals surface area contributed by atoms with Crippen molar-refractivity contribution in [1.82, 2.24) is 20.1 Å². The summed E-state index contributed by atoms with van der Waals surface area (Å²) in [5.41, 5.74) is 3.76. The Kier molecular flexibility index (Phi) is 5.18. The lowest BCUT2D eigenvalue weighted by atomic mass is 9.95. The van der Waals surface area contributed by atoms with E-state index in [4.69, 9.17) is 4.74 Å². The summed E-state index contributed by atoms with van der Waals surface area (Å²) in [4.78, 5) is 19.3. The first kappa shape index (κ1) is 20.6. The van der Waals surface area contributed by atoms with E-state index in [1.165, 1.54) is 0 Å². The zero-order chi connectivity index (χ0) is 22.9. The average molecular weight is 442 g/mol. The number of hydrogen-bond acceptors (Lipinski definition) is 6. The quantitative estimate of drug-likeness (QED) is 0.416. The molecule has 0 spiro atoms. The largest absolute Gasteiger partial charge is 0.507 e. The van der Waals surface area contributed by atoms with Gasteiger partial charge < -0.3 is 19.8 Å². The number of carbonyl (C=O) groups excluding carboxylic acids is 1. The highest BCUT2D eigenvalue weighted by Gasteiger charge is 2.42. The number of nitrogens with one attached hydrogen (secondary N) is 1. The predicted octanol–water partition coefficient (Wildman–Crippen LogP) is 4.03. The molecule has 33 heavy (non-hydrogen) atoms.